The minimum atomic E-state index is -0.0807. The van der Waals surface area contributed by atoms with Gasteiger partial charge in [0.25, 0.3) is 0 Å². The van der Waals surface area contributed by atoms with Crippen LogP contribution in [0.25, 0.3) is 0 Å². The predicted molar refractivity (Wildman–Crippen MR) is 79.7 cm³/mol. The summed E-state index contributed by atoms with van der Waals surface area (Å²) >= 11 is 0. The zero-order valence-electron chi connectivity index (χ0n) is 12.1. The van der Waals surface area contributed by atoms with Crippen LogP contribution in [0.4, 0.5) is 11.4 Å². The van der Waals surface area contributed by atoms with E-state index in [4.69, 9.17) is 15.2 Å². The minimum absolute atomic E-state index is 0.0807. The van der Waals surface area contributed by atoms with Gasteiger partial charge in [0.05, 0.1) is 19.8 Å². The number of amides is 1. The Bertz CT molecular complexity index is 404. The lowest BCUT2D eigenvalue weighted by Crippen LogP contribution is -2.37. The number of ether oxygens (including phenoxy) is 2. The van der Waals surface area contributed by atoms with Gasteiger partial charge in [-0.3, -0.25) is 9.69 Å². The molecule has 0 aliphatic heterocycles. The van der Waals surface area contributed by atoms with Gasteiger partial charge >= 0.3 is 0 Å². The Morgan fingerprint density at radius 2 is 1.90 bits per heavy atom. The average Bonchev–Trinajstić information content (AvgIpc) is 2.41. The lowest BCUT2D eigenvalue weighted by molar-refractivity contribution is -0.117. The molecule has 6 heteroatoms. The molecule has 1 aromatic carbocycles. The van der Waals surface area contributed by atoms with Crippen LogP contribution >= 0.6 is 0 Å². The second-order valence-electron chi connectivity index (χ2n) is 4.44. The number of nitrogens with one attached hydrogen (secondary N) is 1. The lowest BCUT2D eigenvalue weighted by Gasteiger charge is -2.20. The predicted octanol–water partition coefficient (Wildman–Crippen LogP) is 0.802. The monoisotopic (exact) mass is 281 g/mol. The summed E-state index contributed by atoms with van der Waals surface area (Å²) in [6.07, 6.45) is 0. The summed E-state index contributed by atoms with van der Waals surface area (Å²) in [5.74, 6) is -0.0807. The second-order valence-corrected chi connectivity index (χ2v) is 4.44. The van der Waals surface area contributed by atoms with Crippen molar-refractivity contribution in [3.63, 3.8) is 0 Å². The van der Waals surface area contributed by atoms with E-state index in [1.54, 1.807) is 32.4 Å². The molecule has 3 N–H and O–H groups in total. The fraction of sp³-hybridized carbons (Fsp3) is 0.500. The maximum Gasteiger partial charge on any atom is 0.238 e. The Kier molecular flexibility index (Phi) is 7.64. The molecule has 0 saturated heterocycles. The first-order chi connectivity index (χ1) is 9.65. The third-order valence-corrected chi connectivity index (χ3v) is 2.76. The molecule has 0 unspecified atom stereocenters. The Morgan fingerprint density at radius 3 is 2.45 bits per heavy atom. The molecule has 1 aromatic rings. The van der Waals surface area contributed by atoms with E-state index in [-0.39, 0.29) is 5.91 Å². The normalized spacial score (nSPS) is 10.8. The highest BCUT2D eigenvalue weighted by atomic mass is 16.5. The van der Waals surface area contributed by atoms with E-state index >= 15 is 0 Å². The summed E-state index contributed by atoms with van der Waals surface area (Å²) in [6.45, 7) is 2.82. The molecule has 20 heavy (non-hydrogen) atoms. The second kappa shape index (κ2) is 9.30. The largest absolute Gasteiger partial charge is 0.399 e. The molecule has 1 amide bonds. The average molecular weight is 281 g/mol. The molecular weight excluding hydrogens is 258 g/mol. The van der Waals surface area contributed by atoms with Crippen molar-refractivity contribution in [3.05, 3.63) is 24.3 Å². The van der Waals surface area contributed by atoms with Gasteiger partial charge in [0.1, 0.15) is 0 Å². The summed E-state index contributed by atoms with van der Waals surface area (Å²) in [5.41, 5.74) is 7.00. The summed E-state index contributed by atoms with van der Waals surface area (Å²) in [7, 11) is 3.28. The highest BCUT2D eigenvalue weighted by Crippen LogP contribution is 2.11. The molecule has 112 valence electrons. The quantitative estimate of drug-likeness (QED) is 0.655. The highest BCUT2D eigenvalue weighted by molar-refractivity contribution is 5.92. The Hall–Kier alpha value is -1.63. The number of nitrogens with zero attached hydrogens (tertiary/aromatic N) is 1. The number of carbonyl (C=O) groups excluding carboxylic acids is 1. The number of methoxy groups -OCH3 is 2. The van der Waals surface area contributed by atoms with Crippen LogP contribution in [-0.4, -0.2) is 57.9 Å². The molecule has 0 fully saturated rings. The number of carbonyl (C=O) groups is 1. The van der Waals surface area contributed by atoms with Crippen LogP contribution in [0.15, 0.2) is 24.3 Å². The smallest absolute Gasteiger partial charge is 0.238 e. The van der Waals surface area contributed by atoms with Crippen molar-refractivity contribution < 1.29 is 14.3 Å². The molecule has 0 spiro atoms. The van der Waals surface area contributed by atoms with Gasteiger partial charge in [-0.2, -0.15) is 0 Å². The topological polar surface area (TPSA) is 76.8 Å². The number of nitrogen functional groups attached to an aromatic ring is 1. The van der Waals surface area contributed by atoms with Gasteiger partial charge in [-0.05, 0) is 18.2 Å². The summed E-state index contributed by atoms with van der Waals surface area (Å²) < 4.78 is 10.1. The van der Waals surface area contributed by atoms with Crippen LogP contribution < -0.4 is 11.1 Å². The van der Waals surface area contributed by atoms with Gasteiger partial charge < -0.3 is 20.5 Å². The Morgan fingerprint density at radius 1 is 1.25 bits per heavy atom. The third-order valence-electron chi connectivity index (χ3n) is 2.76. The van der Waals surface area contributed by atoms with E-state index in [2.05, 4.69) is 5.32 Å². The molecule has 0 atom stereocenters. The fourth-order valence-corrected chi connectivity index (χ4v) is 1.73. The summed E-state index contributed by atoms with van der Waals surface area (Å²) in [4.78, 5) is 14.0. The first kappa shape index (κ1) is 16.4. The Balaban J connectivity index is 2.47. The van der Waals surface area contributed by atoms with Gasteiger partial charge in [0.15, 0.2) is 0 Å². The van der Waals surface area contributed by atoms with Gasteiger partial charge in [-0.1, -0.05) is 6.07 Å². The van der Waals surface area contributed by atoms with Crippen molar-refractivity contribution >= 4 is 17.3 Å². The highest BCUT2D eigenvalue weighted by Gasteiger charge is 2.10. The van der Waals surface area contributed by atoms with Gasteiger partial charge in [-0.25, -0.2) is 0 Å². The van der Waals surface area contributed by atoms with E-state index in [1.807, 2.05) is 11.0 Å². The number of hydrogen-bond donors (Lipinski definition) is 2. The maximum atomic E-state index is 12.0. The number of hydrogen-bond acceptors (Lipinski definition) is 5. The molecular formula is C14H23N3O3. The van der Waals surface area contributed by atoms with Crippen LogP contribution in [0, 0.1) is 0 Å². The zero-order chi connectivity index (χ0) is 14.8. The van der Waals surface area contributed by atoms with Crippen molar-refractivity contribution in [2.75, 3.05) is 58.1 Å². The minimum Gasteiger partial charge on any atom is -0.399 e. The molecule has 1 rings (SSSR count). The van der Waals surface area contributed by atoms with Gasteiger partial charge in [-0.15, -0.1) is 0 Å². The SMILES string of the molecule is COCCN(CCOC)CC(=O)Nc1cccc(N)c1. The van der Waals surface area contributed by atoms with Crippen LogP contribution in [0.1, 0.15) is 0 Å². The number of nitrogens with two attached hydrogens (primary N) is 1. The fourth-order valence-electron chi connectivity index (χ4n) is 1.73. The van der Waals surface area contributed by atoms with E-state index < -0.39 is 0 Å². The standard InChI is InChI=1S/C14H23N3O3/c1-19-8-6-17(7-9-20-2)11-14(18)16-13-5-3-4-12(15)10-13/h3-5,10H,6-9,11,15H2,1-2H3,(H,16,18). The molecule has 6 nitrogen and oxygen atoms in total. The lowest BCUT2D eigenvalue weighted by atomic mass is 10.3. The Labute approximate surface area is 119 Å². The van der Waals surface area contributed by atoms with E-state index in [9.17, 15) is 4.79 Å². The molecule has 0 radical (unpaired) electrons. The van der Waals surface area contributed by atoms with Crippen molar-refractivity contribution in [2.24, 2.45) is 0 Å². The number of benzene rings is 1. The van der Waals surface area contributed by atoms with Crippen molar-refractivity contribution in [1.82, 2.24) is 4.90 Å². The molecule has 0 aliphatic rings. The van der Waals surface area contributed by atoms with Crippen LogP contribution in [0.3, 0.4) is 0 Å². The maximum absolute atomic E-state index is 12.0. The van der Waals surface area contributed by atoms with Crippen LogP contribution in [0.2, 0.25) is 0 Å². The molecule has 0 bridgehead atoms. The molecule has 0 aromatic heterocycles. The number of anilines is 2. The van der Waals surface area contributed by atoms with E-state index in [1.165, 1.54) is 0 Å². The van der Waals surface area contributed by atoms with Gasteiger partial charge in [0, 0.05) is 38.7 Å². The van der Waals surface area contributed by atoms with Crippen LogP contribution in [-0.2, 0) is 14.3 Å². The molecule has 0 heterocycles. The van der Waals surface area contributed by atoms with Crippen LogP contribution in [0.5, 0.6) is 0 Å². The van der Waals surface area contributed by atoms with Gasteiger partial charge in [0.2, 0.25) is 5.91 Å². The van der Waals surface area contributed by atoms with Crippen molar-refractivity contribution in [2.45, 2.75) is 0 Å². The molecule has 0 saturated carbocycles. The first-order valence-electron chi connectivity index (χ1n) is 6.51. The number of rotatable bonds is 9. The summed E-state index contributed by atoms with van der Waals surface area (Å²) in [5, 5.41) is 2.82. The van der Waals surface area contributed by atoms with Crippen molar-refractivity contribution in [3.8, 4) is 0 Å². The molecule has 0 aliphatic carbocycles. The van der Waals surface area contributed by atoms with Crippen molar-refractivity contribution in [1.29, 1.82) is 0 Å². The van der Waals surface area contributed by atoms with E-state index in [0.29, 0.717) is 44.2 Å². The zero-order valence-corrected chi connectivity index (χ0v) is 12.1. The first-order valence-corrected chi connectivity index (χ1v) is 6.51. The summed E-state index contributed by atoms with van der Waals surface area (Å²) in [6, 6.07) is 7.12. The third kappa shape index (κ3) is 6.51. The van der Waals surface area contributed by atoms with E-state index in [0.717, 1.165) is 0 Å².